The van der Waals surface area contributed by atoms with Crippen molar-refractivity contribution in [3.05, 3.63) is 0 Å². The smallest absolute Gasteiger partial charge is 0.175 e. The summed E-state index contributed by atoms with van der Waals surface area (Å²) in [6.45, 7) is 4.17. The number of rotatable bonds is 2. The predicted molar refractivity (Wildman–Crippen MR) is 109 cm³/mol. The minimum atomic E-state index is -1.40. The van der Waals surface area contributed by atoms with Gasteiger partial charge in [-0.15, -0.1) is 0 Å². The lowest BCUT2D eigenvalue weighted by Crippen LogP contribution is -2.63. The first-order valence-electron chi connectivity index (χ1n) is 10.1. The summed E-state index contributed by atoms with van der Waals surface area (Å²) >= 11 is 6.85. The Kier molecular flexibility index (Phi) is 4.84. The van der Waals surface area contributed by atoms with Crippen LogP contribution in [0, 0.1) is 34.5 Å². The van der Waals surface area contributed by atoms with E-state index in [1.54, 1.807) is 0 Å². The number of carbonyl (C=O) groups is 3. The predicted octanol–water partition coefficient (Wildman–Crippen LogP) is 3.85. The Bertz CT molecular complexity index is 708. The Balaban J connectivity index is 1.72. The van der Waals surface area contributed by atoms with E-state index in [0.717, 1.165) is 25.7 Å². The van der Waals surface area contributed by atoms with Gasteiger partial charge in [-0.3, -0.25) is 14.4 Å². The molecule has 0 aliphatic heterocycles. The molecule has 0 saturated heterocycles. The van der Waals surface area contributed by atoms with Crippen LogP contribution in [0.4, 0.5) is 0 Å². The topological polar surface area (TPSA) is 71.4 Å². The van der Waals surface area contributed by atoms with Gasteiger partial charge >= 0.3 is 0 Å². The summed E-state index contributed by atoms with van der Waals surface area (Å²) in [5.41, 5.74) is -2.23. The van der Waals surface area contributed by atoms with Crippen molar-refractivity contribution in [2.75, 3.05) is 5.33 Å². The number of ketones is 3. The van der Waals surface area contributed by atoms with Gasteiger partial charge in [-0.2, -0.15) is 0 Å². The van der Waals surface area contributed by atoms with Crippen LogP contribution in [0.5, 0.6) is 0 Å². The zero-order chi connectivity index (χ0) is 19.8. The largest absolute Gasteiger partial charge is 0.381 e. The van der Waals surface area contributed by atoms with Gasteiger partial charge in [-0.1, -0.05) is 45.7 Å². The second-order valence-electron chi connectivity index (χ2n) is 9.82. The number of carbonyl (C=O) groups excluding carboxylic acids is 3. The second kappa shape index (κ2) is 6.46. The lowest BCUT2D eigenvalue weighted by Gasteiger charge is -2.60. The van der Waals surface area contributed by atoms with Crippen LogP contribution in [0.2, 0.25) is 0 Å². The molecule has 4 rings (SSSR count). The van der Waals surface area contributed by atoms with Crippen LogP contribution in [0.1, 0.15) is 58.8 Å². The molecule has 4 saturated carbocycles. The molecular formula is C21H28Br2O4. The van der Waals surface area contributed by atoms with E-state index in [-0.39, 0.29) is 63.0 Å². The van der Waals surface area contributed by atoms with Gasteiger partial charge in [0.25, 0.3) is 0 Å². The molecule has 0 amide bonds. The van der Waals surface area contributed by atoms with Crippen LogP contribution >= 0.6 is 31.9 Å². The van der Waals surface area contributed by atoms with Crippen LogP contribution < -0.4 is 0 Å². The number of fused-ring (bicyclic) bond motifs is 5. The standard InChI is InChI=1S/C21H28Br2O4/c1-19-7-6-14(24)18(23)13(19)4-3-11-12-5-8-21(27,16(26)10-22)20(12,2)9-15(25)17(11)19/h11-13,17-18,27H,3-10H2,1-2H3/t11-,12-,13?,17+,18+,19-,20-,21+/m0/s1. The summed E-state index contributed by atoms with van der Waals surface area (Å²) in [4.78, 5) is 38.2. The fourth-order valence-electron chi connectivity index (χ4n) is 7.48. The van der Waals surface area contributed by atoms with Gasteiger partial charge in [-0.25, -0.2) is 0 Å². The molecular weight excluding hydrogens is 476 g/mol. The molecule has 0 aromatic carbocycles. The number of Topliss-reactive ketones (excluding diaryl/α,β-unsaturated/α-hetero) is 3. The molecule has 4 aliphatic rings. The highest BCUT2D eigenvalue weighted by atomic mass is 79.9. The van der Waals surface area contributed by atoms with Crippen LogP contribution in [-0.2, 0) is 14.4 Å². The van der Waals surface area contributed by atoms with Crippen molar-refractivity contribution >= 4 is 49.2 Å². The van der Waals surface area contributed by atoms with Gasteiger partial charge in [0.15, 0.2) is 5.78 Å². The van der Waals surface area contributed by atoms with Crippen LogP contribution in [0.25, 0.3) is 0 Å². The van der Waals surface area contributed by atoms with Crippen molar-refractivity contribution < 1.29 is 19.5 Å². The third kappa shape index (κ3) is 2.51. The Morgan fingerprint density at radius 1 is 1.11 bits per heavy atom. The molecule has 0 radical (unpaired) electrons. The lowest BCUT2D eigenvalue weighted by atomic mass is 9.44. The van der Waals surface area contributed by atoms with E-state index in [4.69, 9.17) is 0 Å². The Morgan fingerprint density at radius 3 is 2.48 bits per heavy atom. The zero-order valence-electron chi connectivity index (χ0n) is 16.0. The van der Waals surface area contributed by atoms with Crippen molar-refractivity contribution in [2.45, 2.75) is 69.2 Å². The van der Waals surface area contributed by atoms with E-state index in [0.29, 0.717) is 12.8 Å². The third-order valence-corrected chi connectivity index (χ3v) is 10.6. The number of hydrogen-bond acceptors (Lipinski definition) is 4. The maximum Gasteiger partial charge on any atom is 0.175 e. The molecule has 1 N–H and O–H groups in total. The minimum absolute atomic E-state index is 0.0519. The van der Waals surface area contributed by atoms with E-state index in [9.17, 15) is 19.5 Å². The van der Waals surface area contributed by atoms with E-state index in [1.807, 2.05) is 6.92 Å². The Labute approximate surface area is 177 Å². The van der Waals surface area contributed by atoms with Gasteiger partial charge in [-0.05, 0) is 55.3 Å². The van der Waals surface area contributed by atoms with Crippen LogP contribution in [0.15, 0.2) is 0 Å². The lowest BCUT2D eigenvalue weighted by molar-refractivity contribution is -0.175. The average molecular weight is 504 g/mol. The van der Waals surface area contributed by atoms with Gasteiger partial charge < -0.3 is 5.11 Å². The molecule has 0 aromatic rings. The average Bonchev–Trinajstić information content (AvgIpc) is 2.89. The molecule has 6 heteroatoms. The molecule has 150 valence electrons. The molecule has 4 fully saturated rings. The number of alkyl halides is 2. The molecule has 0 spiro atoms. The Hall–Kier alpha value is -0.0700. The van der Waals surface area contributed by atoms with Crippen molar-refractivity contribution in [3.63, 3.8) is 0 Å². The number of aliphatic hydroxyl groups is 1. The first-order chi connectivity index (χ1) is 12.6. The SMILES string of the molecule is C[C@]12CCC(=O)[C@H](Br)C1CC[C@@H]1[C@@H]2C(=O)C[C@@]2(C)[C@H]1CC[C@@]2(O)C(=O)CBr. The zero-order valence-corrected chi connectivity index (χ0v) is 19.1. The second-order valence-corrected chi connectivity index (χ2v) is 11.4. The van der Waals surface area contributed by atoms with Gasteiger partial charge in [0.1, 0.15) is 17.2 Å². The van der Waals surface area contributed by atoms with Crippen LogP contribution in [-0.4, -0.2) is 38.2 Å². The highest BCUT2D eigenvalue weighted by Crippen LogP contribution is 2.67. The molecule has 0 heterocycles. The molecule has 0 aromatic heterocycles. The third-order valence-electron chi connectivity index (χ3n) is 8.94. The summed E-state index contributed by atoms with van der Waals surface area (Å²) in [5, 5.41) is 11.4. The van der Waals surface area contributed by atoms with E-state index < -0.39 is 11.0 Å². The van der Waals surface area contributed by atoms with Gasteiger partial charge in [0.2, 0.25) is 0 Å². The summed E-state index contributed by atoms with van der Waals surface area (Å²) < 4.78 is 0. The van der Waals surface area contributed by atoms with Crippen molar-refractivity contribution in [2.24, 2.45) is 34.5 Å². The maximum absolute atomic E-state index is 13.5. The highest BCUT2D eigenvalue weighted by Gasteiger charge is 2.69. The molecule has 4 aliphatic carbocycles. The summed E-state index contributed by atoms with van der Waals surface area (Å²) in [7, 11) is 0. The van der Waals surface area contributed by atoms with Crippen molar-refractivity contribution in [1.82, 2.24) is 0 Å². The normalized spacial score (nSPS) is 52.1. The molecule has 0 bridgehead atoms. The maximum atomic E-state index is 13.5. The Morgan fingerprint density at radius 2 is 1.81 bits per heavy atom. The summed E-state index contributed by atoms with van der Waals surface area (Å²) in [5.74, 6) is 0.828. The minimum Gasteiger partial charge on any atom is -0.381 e. The van der Waals surface area contributed by atoms with Crippen molar-refractivity contribution in [3.8, 4) is 0 Å². The fourth-order valence-corrected chi connectivity index (χ4v) is 9.04. The van der Waals surface area contributed by atoms with E-state index in [1.165, 1.54) is 0 Å². The highest BCUT2D eigenvalue weighted by molar-refractivity contribution is 9.10. The molecule has 27 heavy (non-hydrogen) atoms. The monoisotopic (exact) mass is 502 g/mol. The first kappa shape index (κ1) is 20.2. The van der Waals surface area contributed by atoms with Crippen LogP contribution in [0.3, 0.4) is 0 Å². The fraction of sp³-hybridized carbons (Fsp3) is 0.857. The molecule has 1 unspecified atom stereocenters. The summed E-state index contributed by atoms with van der Waals surface area (Å²) in [6.07, 6.45) is 4.69. The van der Waals surface area contributed by atoms with E-state index >= 15 is 0 Å². The molecule has 4 nitrogen and oxygen atoms in total. The van der Waals surface area contributed by atoms with E-state index in [2.05, 4.69) is 38.8 Å². The summed E-state index contributed by atoms with van der Waals surface area (Å²) in [6, 6.07) is 0. The number of hydrogen-bond donors (Lipinski definition) is 1. The van der Waals surface area contributed by atoms with Gasteiger partial charge in [0, 0.05) is 24.2 Å². The molecule has 8 atom stereocenters. The van der Waals surface area contributed by atoms with Crippen molar-refractivity contribution in [1.29, 1.82) is 0 Å². The first-order valence-corrected chi connectivity index (χ1v) is 12.1. The number of halogens is 2. The quantitative estimate of drug-likeness (QED) is 0.581. The van der Waals surface area contributed by atoms with Gasteiger partial charge in [0.05, 0.1) is 10.2 Å².